The van der Waals surface area contributed by atoms with E-state index in [0.717, 1.165) is 6.07 Å². The van der Waals surface area contributed by atoms with Crippen molar-refractivity contribution in [1.82, 2.24) is 4.98 Å². The fourth-order valence-electron chi connectivity index (χ4n) is 0.888. The summed E-state index contributed by atoms with van der Waals surface area (Å²) >= 11 is 3.11. The Hall–Kier alpha value is -0.970. The molecule has 15 heavy (non-hydrogen) atoms. The molecule has 1 aromatic rings. The van der Waals surface area contributed by atoms with Crippen LogP contribution in [0.4, 0.5) is 4.39 Å². The topological polar surface area (TPSA) is 39.2 Å². The predicted molar refractivity (Wildman–Crippen MR) is 57.1 cm³/mol. The number of hydrogen-bond donors (Lipinski definition) is 0. The van der Waals surface area contributed by atoms with Crippen LogP contribution in [0.2, 0.25) is 0 Å². The quantitative estimate of drug-likeness (QED) is 0.584. The van der Waals surface area contributed by atoms with Crippen molar-refractivity contribution >= 4 is 21.9 Å². The van der Waals surface area contributed by atoms with Crippen molar-refractivity contribution in [3.63, 3.8) is 0 Å². The molecule has 1 rings (SSSR count). The van der Waals surface area contributed by atoms with E-state index >= 15 is 0 Å². The molecule has 1 aromatic heterocycles. The van der Waals surface area contributed by atoms with Crippen LogP contribution in [0.15, 0.2) is 16.6 Å². The summed E-state index contributed by atoms with van der Waals surface area (Å²) in [6.45, 7) is 5.20. The number of halogens is 2. The lowest BCUT2D eigenvalue weighted by molar-refractivity contribution is 0.00604. The maximum Gasteiger partial charge on any atom is 0.358 e. The highest BCUT2D eigenvalue weighted by molar-refractivity contribution is 9.10. The van der Waals surface area contributed by atoms with Gasteiger partial charge in [-0.2, -0.15) is 4.39 Å². The van der Waals surface area contributed by atoms with Crippen LogP contribution >= 0.6 is 15.9 Å². The van der Waals surface area contributed by atoms with Crippen molar-refractivity contribution in [3.05, 3.63) is 28.2 Å². The summed E-state index contributed by atoms with van der Waals surface area (Å²) in [6, 6.07) is 2.58. The number of hydrogen-bond acceptors (Lipinski definition) is 3. The van der Waals surface area contributed by atoms with E-state index in [1.54, 1.807) is 20.8 Å². The molecule has 0 fully saturated rings. The normalized spacial score (nSPS) is 11.3. The fourth-order valence-corrected chi connectivity index (χ4v) is 1.27. The molecule has 0 aliphatic carbocycles. The van der Waals surface area contributed by atoms with Crippen molar-refractivity contribution in [2.45, 2.75) is 26.4 Å². The van der Waals surface area contributed by atoms with Crippen molar-refractivity contribution in [1.29, 1.82) is 0 Å². The second-order valence-electron chi connectivity index (χ2n) is 3.97. The highest BCUT2D eigenvalue weighted by Gasteiger charge is 2.21. The lowest BCUT2D eigenvalue weighted by Crippen LogP contribution is -2.24. The second-order valence-corrected chi connectivity index (χ2v) is 4.82. The molecular formula is C10H11BrFNO2. The predicted octanol–water partition coefficient (Wildman–Crippen LogP) is 2.94. The molecule has 1 heterocycles. The fraction of sp³-hybridized carbons (Fsp3) is 0.400. The van der Waals surface area contributed by atoms with E-state index in [2.05, 4.69) is 20.9 Å². The molecule has 5 heteroatoms. The number of ether oxygens (including phenoxy) is 1. The van der Waals surface area contributed by atoms with Crippen LogP contribution in [0.3, 0.4) is 0 Å². The standard InChI is InChI=1S/C10H11BrFNO2/c1-10(2,3)15-9(14)8-6(11)4-5-7(12)13-8/h4-5H,1-3H3. The smallest absolute Gasteiger partial charge is 0.358 e. The highest BCUT2D eigenvalue weighted by atomic mass is 79.9. The molecule has 0 unspecified atom stereocenters. The third kappa shape index (κ3) is 3.58. The zero-order valence-electron chi connectivity index (χ0n) is 8.67. The van der Waals surface area contributed by atoms with Crippen LogP contribution < -0.4 is 0 Å². The first-order valence-electron chi connectivity index (χ1n) is 4.35. The Morgan fingerprint density at radius 2 is 2.07 bits per heavy atom. The van der Waals surface area contributed by atoms with Gasteiger partial charge in [-0.05, 0) is 48.8 Å². The minimum Gasteiger partial charge on any atom is -0.455 e. The van der Waals surface area contributed by atoms with Crippen molar-refractivity contribution in [2.75, 3.05) is 0 Å². The first-order chi connectivity index (χ1) is 6.79. The van der Waals surface area contributed by atoms with Gasteiger partial charge in [0.2, 0.25) is 5.95 Å². The summed E-state index contributed by atoms with van der Waals surface area (Å²) < 4.78 is 18.3. The molecule has 0 atom stereocenters. The van der Waals surface area contributed by atoms with Crippen LogP contribution in [-0.4, -0.2) is 16.6 Å². The van der Waals surface area contributed by atoms with Crippen molar-refractivity contribution in [3.8, 4) is 0 Å². The number of pyridine rings is 1. The third-order valence-electron chi connectivity index (χ3n) is 1.40. The molecule has 0 saturated carbocycles. The number of carbonyl (C=O) groups excluding carboxylic acids is 1. The van der Waals surface area contributed by atoms with Crippen LogP contribution in [0.25, 0.3) is 0 Å². The molecule has 0 aliphatic heterocycles. The van der Waals surface area contributed by atoms with Gasteiger partial charge in [0.25, 0.3) is 0 Å². The molecule has 0 saturated heterocycles. The van der Waals surface area contributed by atoms with Crippen molar-refractivity contribution in [2.24, 2.45) is 0 Å². The molecule has 0 amide bonds. The summed E-state index contributed by atoms with van der Waals surface area (Å²) in [5.41, 5.74) is -0.672. The molecular weight excluding hydrogens is 265 g/mol. The van der Waals surface area contributed by atoms with Crippen LogP contribution in [0, 0.1) is 5.95 Å². The van der Waals surface area contributed by atoms with Gasteiger partial charge in [0.1, 0.15) is 5.60 Å². The molecule has 0 aliphatic rings. The van der Waals surface area contributed by atoms with Crippen LogP contribution in [0.1, 0.15) is 31.3 Å². The Kier molecular flexibility index (Phi) is 3.44. The highest BCUT2D eigenvalue weighted by Crippen LogP contribution is 2.18. The number of carbonyl (C=O) groups is 1. The van der Waals surface area contributed by atoms with Crippen LogP contribution in [-0.2, 0) is 4.74 Å². The monoisotopic (exact) mass is 275 g/mol. The van der Waals surface area contributed by atoms with Gasteiger partial charge in [-0.15, -0.1) is 0 Å². The molecule has 0 radical (unpaired) electrons. The molecule has 0 spiro atoms. The van der Waals surface area contributed by atoms with Gasteiger partial charge < -0.3 is 4.74 Å². The zero-order valence-corrected chi connectivity index (χ0v) is 10.3. The van der Waals surface area contributed by atoms with E-state index < -0.39 is 17.5 Å². The Bertz CT molecular complexity index is 387. The van der Waals surface area contributed by atoms with E-state index in [4.69, 9.17) is 4.74 Å². The summed E-state index contributed by atoms with van der Waals surface area (Å²) in [4.78, 5) is 15.0. The summed E-state index contributed by atoms with van der Waals surface area (Å²) in [5.74, 6) is -1.35. The summed E-state index contributed by atoms with van der Waals surface area (Å²) in [7, 11) is 0. The molecule has 3 nitrogen and oxygen atoms in total. The number of aromatic nitrogens is 1. The van der Waals surface area contributed by atoms with Gasteiger partial charge in [-0.3, -0.25) is 0 Å². The van der Waals surface area contributed by atoms with Gasteiger partial charge in [-0.1, -0.05) is 0 Å². The van der Waals surface area contributed by atoms with Crippen LogP contribution in [0.5, 0.6) is 0 Å². The van der Waals surface area contributed by atoms with E-state index in [-0.39, 0.29) is 5.69 Å². The lowest BCUT2D eigenvalue weighted by atomic mass is 10.2. The summed E-state index contributed by atoms with van der Waals surface area (Å²) in [5, 5.41) is 0. The first-order valence-corrected chi connectivity index (χ1v) is 5.14. The maximum absolute atomic E-state index is 12.8. The van der Waals surface area contributed by atoms with Gasteiger partial charge in [0.05, 0.1) is 4.47 Å². The zero-order chi connectivity index (χ0) is 11.6. The Labute approximate surface area is 95.8 Å². The van der Waals surface area contributed by atoms with Gasteiger partial charge in [-0.25, -0.2) is 9.78 Å². The average Bonchev–Trinajstić information content (AvgIpc) is 2.06. The molecule has 0 N–H and O–H groups in total. The Morgan fingerprint density at radius 1 is 1.47 bits per heavy atom. The lowest BCUT2D eigenvalue weighted by Gasteiger charge is -2.19. The summed E-state index contributed by atoms with van der Waals surface area (Å²) in [6.07, 6.45) is 0. The maximum atomic E-state index is 12.8. The van der Waals surface area contributed by atoms with Gasteiger partial charge in [0, 0.05) is 0 Å². The number of esters is 1. The third-order valence-corrected chi connectivity index (χ3v) is 2.04. The minimum absolute atomic E-state index is 0.0510. The largest absolute Gasteiger partial charge is 0.455 e. The van der Waals surface area contributed by atoms with E-state index in [9.17, 15) is 9.18 Å². The molecule has 0 aromatic carbocycles. The molecule has 82 valence electrons. The van der Waals surface area contributed by atoms with E-state index in [0.29, 0.717) is 4.47 Å². The molecule has 0 bridgehead atoms. The second kappa shape index (κ2) is 4.26. The Morgan fingerprint density at radius 3 is 2.60 bits per heavy atom. The minimum atomic E-state index is -0.709. The van der Waals surface area contributed by atoms with Crippen molar-refractivity contribution < 1.29 is 13.9 Å². The first kappa shape index (κ1) is 12.1. The van der Waals surface area contributed by atoms with Gasteiger partial charge >= 0.3 is 5.97 Å². The number of nitrogens with zero attached hydrogens (tertiary/aromatic N) is 1. The van der Waals surface area contributed by atoms with Gasteiger partial charge in [0.15, 0.2) is 5.69 Å². The van der Waals surface area contributed by atoms with E-state index in [1.807, 2.05) is 0 Å². The average molecular weight is 276 g/mol. The van der Waals surface area contributed by atoms with E-state index in [1.165, 1.54) is 6.07 Å². The SMILES string of the molecule is CC(C)(C)OC(=O)c1nc(F)ccc1Br. The Balaban J connectivity index is 2.96. The number of rotatable bonds is 1.